The lowest BCUT2D eigenvalue weighted by molar-refractivity contribution is -0.880. The van der Waals surface area contributed by atoms with Crippen LogP contribution < -0.4 is 14.5 Å². The van der Waals surface area contributed by atoms with Crippen molar-refractivity contribution in [2.45, 2.75) is 0 Å². The van der Waals surface area contributed by atoms with E-state index in [-0.39, 0.29) is 11.3 Å². The Morgan fingerprint density at radius 2 is 2.04 bits per heavy atom. The van der Waals surface area contributed by atoms with E-state index in [1.54, 1.807) is 23.5 Å². The molecule has 28 heavy (non-hydrogen) atoms. The number of quaternary nitrogens is 1. The van der Waals surface area contributed by atoms with Crippen LogP contribution in [0, 0.1) is 10.1 Å². The first-order valence-electron chi connectivity index (χ1n) is 8.93. The molecule has 0 atom stereocenters. The molecular formula is C19H19N4O4S+. The Balaban J connectivity index is 1.52. The second-order valence-electron chi connectivity index (χ2n) is 6.77. The Hall–Kier alpha value is -3.04. The van der Waals surface area contributed by atoms with E-state index in [0.29, 0.717) is 5.75 Å². The van der Waals surface area contributed by atoms with E-state index in [1.165, 1.54) is 29.2 Å². The highest BCUT2D eigenvalue weighted by atomic mass is 32.1. The maximum atomic E-state index is 12.3. The number of non-ortho nitro benzene ring substituents is 1. The Morgan fingerprint density at radius 3 is 2.79 bits per heavy atom. The monoisotopic (exact) mass is 399 g/mol. The fourth-order valence-electron chi connectivity index (χ4n) is 3.08. The van der Waals surface area contributed by atoms with Crippen LogP contribution in [0.5, 0.6) is 5.75 Å². The van der Waals surface area contributed by atoms with Crippen LogP contribution in [-0.4, -0.2) is 49.1 Å². The molecule has 1 aromatic heterocycles. The first-order chi connectivity index (χ1) is 13.5. The highest BCUT2D eigenvalue weighted by molar-refractivity contribution is 7.22. The minimum Gasteiger partial charge on any atom is -0.423 e. The van der Waals surface area contributed by atoms with Gasteiger partial charge in [0.15, 0.2) is 5.13 Å². The normalized spacial score (nSPS) is 15.0. The lowest BCUT2D eigenvalue weighted by Crippen LogP contribution is -3.12. The van der Waals surface area contributed by atoms with Crippen LogP contribution in [0.4, 0.5) is 10.8 Å². The first-order valence-corrected chi connectivity index (χ1v) is 9.75. The van der Waals surface area contributed by atoms with Gasteiger partial charge in [-0.3, -0.25) is 10.1 Å². The molecule has 0 saturated carbocycles. The number of carbonyl (C=O) groups excluding carboxylic acids is 1. The van der Waals surface area contributed by atoms with Crippen molar-refractivity contribution < 1.29 is 19.4 Å². The number of nitrogens with one attached hydrogen (secondary N) is 1. The molecule has 0 spiro atoms. The number of piperazine rings is 1. The van der Waals surface area contributed by atoms with Gasteiger partial charge in [-0.15, -0.1) is 0 Å². The largest absolute Gasteiger partial charge is 0.423 e. The Labute approximate surface area is 165 Å². The molecule has 8 nitrogen and oxygen atoms in total. The molecule has 3 aromatic rings. The van der Waals surface area contributed by atoms with Crippen molar-refractivity contribution in [2.75, 3.05) is 38.1 Å². The molecule has 0 unspecified atom stereocenters. The molecular weight excluding hydrogens is 380 g/mol. The number of hydrogen-bond acceptors (Lipinski definition) is 7. The van der Waals surface area contributed by atoms with E-state index in [4.69, 9.17) is 9.72 Å². The fourth-order valence-corrected chi connectivity index (χ4v) is 4.13. The third-order valence-corrected chi connectivity index (χ3v) is 5.82. The van der Waals surface area contributed by atoms with E-state index in [9.17, 15) is 14.9 Å². The van der Waals surface area contributed by atoms with Crippen LogP contribution in [0.2, 0.25) is 0 Å². The van der Waals surface area contributed by atoms with Crippen molar-refractivity contribution in [3.8, 4) is 5.75 Å². The molecule has 0 radical (unpaired) electrons. The number of carbonyl (C=O) groups is 1. The lowest BCUT2D eigenvalue weighted by Gasteiger charge is -2.29. The molecule has 4 rings (SSSR count). The zero-order valence-corrected chi connectivity index (χ0v) is 16.1. The molecule has 1 aliphatic heterocycles. The van der Waals surface area contributed by atoms with Gasteiger partial charge in [-0.2, -0.15) is 0 Å². The number of fused-ring (bicyclic) bond motifs is 1. The van der Waals surface area contributed by atoms with Crippen molar-refractivity contribution in [3.63, 3.8) is 0 Å². The van der Waals surface area contributed by atoms with Crippen LogP contribution >= 0.6 is 11.3 Å². The summed E-state index contributed by atoms with van der Waals surface area (Å²) >= 11 is 1.57. The molecule has 0 bridgehead atoms. The summed E-state index contributed by atoms with van der Waals surface area (Å²) in [6, 6.07) is 10.8. The summed E-state index contributed by atoms with van der Waals surface area (Å²) < 4.78 is 6.35. The minimum atomic E-state index is -0.630. The predicted molar refractivity (Wildman–Crippen MR) is 107 cm³/mol. The van der Waals surface area contributed by atoms with Crippen molar-refractivity contribution in [1.29, 1.82) is 0 Å². The van der Waals surface area contributed by atoms with Gasteiger partial charge in [-0.05, 0) is 18.2 Å². The van der Waals surface area contributed by atoms with Gasteiger partial charge in [0.05, 0.1) is 53.9 Å². The standard InChI is InChI=1S/C19H18N4O4S/c1-21-7-9-22(10-8-21)19-20-16-6-5-15(12-17(16)28-19)27-18(24)13-3-2-4-14(11-13)23(25)26/h2-6,11-12H,7-10H2,1H3/p+1. The highest BCUT2D eigenvalue weighted by Crippen LogP contribution is 2.31. The first kappa shape index (κ1) is 18.3. The number of ether oxygens (including phenoxy) is 1. The summed E-state index contributed by atoms with van der Waals surface area (Å²) in [5.41, 5.74) is 0.853. The van der Waals surface area contributed by atoms with E-state index in [1.807, 2.05) is 6.07 Å². The highest BCUT2D eigenvalue weighted by Gasteiger charge is 2.20. The van der Waals surface area contributed by atoms with E-state index in [0.717, 1.165) is 41.5 Å². The maximum Gasteiger partial charge on any atom is 0.343 e. The number of hydrogen-bond donors (Lipinski definition) is 1. The number of thiazole rings is 1. The van der Waals surface area contributed by atoms with Gasteiger partial charge in [-0.25, -0.2) is 9.78 Å². The third-order valence-electron chi connectivity index (χ3n) is 4.74. The Bertz CT molecular complexity index is 1040. The number of nitro groups is 1. The Kier molecular flexibility index (Phi) is 4.93. The maximum absolute atomic E-state index is 12.3. The van der Waals surface area contributed by atoms with Gasteiger partial charge in [0.1, 0.15) is 5.75 Å². The molecule has 1 fully saturated rings. The van der Waals surface area contributed by atoms with Crippen molar-refractivity contribution in [1.82, 2.24) is 4.98 Å². The van der Waals surface area contributed by atoms with Crippen molar-refractivity contribution in [3.05, 3.63) is 58.1 Å². The Morgan fingerprint density at radius 1 is 1.25 bits per heavy atom. The predicted octanol–water partition coefficient (Wildman–Crippen LogP) is 1.76. The minimum absolute atomic E-state index is 0.138. The molecule has 1 saturated heterocycles. The fraction of sp³-hybridized carbons (Fsp3) is 0.263. The molecule has 144 valence electrons. The number of likely N-dealkylation sites (N-methyl/N-ethyl adjacent to an activating group) is 1. The second kappa shape index (κ2) is 7.53. The SMILES string of the molecule is C[NH+]1CCN(c2nc3ccc(OC(=O)c4cccc([N+](=O)[O-])c4)cc3s2)CC1. The zero-order valence-electron chi connectivity index (χ0n) is 15.3. The number of nitrogens with zero attached hydrogens (tertiary/aromatic N) is 3. The van der Waals surface area contributed by atoms with E-state index < -0.39 is 10.9 Å². The van der Waals surface area contributed by atoms with Gasteiger partial charge in [0.25, 0.3) is 5.69 Å². The second-order valence-corrected chi connectivity index (χ2v) is 7.78. The summed E-state index contributed by atoms with van der Waals surface area (Å²) in [6.45, 7) is 4.12. The molecule has 0 aliphatic carbocycles. The van der Waals surface area contributed by atoms with Crippen LogP contribution in [0.25, 0.3) is 10.2 Å². The summed E-state index contributed by atoms with van der Waals surface area (Å²) in [6.07, 6.45) is 0. The molecule has 2 heterocycles. The van der Waals surface area contributed by atoms with Gasteiger partial charge in [0, 0.05) is 18.2 Å². The van der Waals surface area contributed by atoms with Crippen LogP contribution in [0.1, 0.15) is 10.4 Å². The molecule has 1 N–H and O–H groups in total. The van der Waals surface area contributed by atoms with Crippen LogP contribution in [0.3, 0.4) is 0 Å². The molecule has 9 heteroatoms. The summed E-state index contributed by atoms with van der Waals surface area (Å²) in [7, 11) is 2.19. The summed E-state index contributed by atoms with van der Waals surface area (Å²) in [4.78, 5) is 31.2. The number of benzene rings is 2. The third kappa shape index (κ3) is 3.80. The van der Waals surface area contributed by atoms with E-state index in [2.05, 4.69) is 11.9 Å². The average molecular weight is 399 g/mol. The smallest absolute Gasteiger partial charge is 0.343 e. The van der Waals surface area contributed by atoms with E-state index >= 15 is 0 Å². The zero-order chi connectivity index (χ0) is 19.7. The molecule has 2 aromatic carbocycles. The molecule has 0 amide bonds. The lowest BCUT2D eigenvalue weighted by atomic mass is 10.2. The van der Waals surface area contributed by atoms with Gasteiger partial charge in [-0.1, -0.05) is 17.4 Å². The van der Waals surface area contributed by atoms with Gasteiger partial charge >= 0.3 is 5.97 Å². The number of rotatable bonds is 4. The summed E-state index contributed by atoms with van der Waals surface area (Å²) in [5, 5.41) is 11.9. The number of aromatic nitrogens is 1. The molecule has 1 aliphatic rings. The van der Waals surface area contributed by atoms with Crippen molar-refractivity contribution >= 4 is 38.3 Å². The number of esters is 1. The van der Waals surface area contributed by atoms with Gasteiger partial charge < -0.3 is 14.5 Å². The number of nitro benzene ring substituents is 1. The van der Waals surface area contributed by atoms with Crippen LogP contribution in [0.15, 0.2) is 42.5 Å². The quantitative estimate of drug-likeness (QED) is 0.311. The summed E-state index contributed by atoms with van der Waals surface area (Å²) in [5.74, 6) is -0.239. The van der Waals surface area contributed by atoms with Crippen LogP contribution in [-0.2, 0) is 0 Å². The average Bonchev–Trinajstić information content (AvgIpc) is 3.12. The number of anilines is 1. The van der Waals surface area contributed by atoms with Crippen molar-refractivity contribution in [2.24, 2.45) is 0 Å². The topological polar surface area (TPSA) is 90.0 Å². The van der Waals surface area contributed by atoms with Gasteiger partial charge in [0.2, 0.25) is 0 Å².